The van der Waals surface area contributed by atoms with Crippen LogP contribution in [0.3, 0.4) is 0 Å². The second kappa shape index (κ2) is 15.7. The van der Waals surface area contributed by atoms with Crippen molar-refractivity contribution in [1.82, 2.24) is 0 Å². The zero-order valence-corrected chi connectivity index (χ0v) is 5.88. The molecule has 0 aliphatic rings. The second-order valence-corrected chi connectivity index (χ2v) is 1.23. The van der Waals surface area contributed by atoms with Crippen molar-refractivity contribution in [1.29, 1.82) is 0 Å². The van der Waals surface area contributed by atoms with Gasteiger partial charge < -0.3 is 5.11 Å². The van der Waals surface area contributed by atoms with E-state index in [1.165, 1.54) is 6.08 Å². The fourth-order valence-electron chi connectivity index (χ4n) is 0.136. The highest BCUT2D eigenvalue weighted by molar-refractivity contribution is 4.94. The van der Waals surface area contributed by atoms with Crippen LogP contribution in [-0.2, 0) is 0 Å². The van der Waals surface area contributed by atoms with Crippen LogP contribution in [0.2, 0.25) is 0 Å². The van der Waals surface area contributed by atoms with Crippen molar-refractivity contribution in [2.45, 2.75) is 6.92 Å². The average Bonchev–Trinajstić information content (AvgIpc) is 1.91. The molecule has 0 aliphatic carbocycles. The van der Waals surface area contributed by atoms with Gasteiger partial charge in [-0.15, -0.1) is 6.58 Å². The molecule has 0 aromatic heterocycles. The molecule has 52 valence electrons. The summed E-state index contributed by atoms with van der Waals surface area (Å²) >= 11 is 0. The van der Waals surface area contributed by atoms with Crippen LogP contribution in [0.1, 0.15) is 6.92 Å². The second-order valence-electron chi connectivity index (χ2n) is 1.23. The average molecular weight is 126 g/mol. The summed E-state index contributed by atoms with van der Waals surface area (Å²) in [6.45, 7) is 8.74. The first-order valence-corrected chi connectivity index (χ1v) is 2.78. The van der Waals surface area contributed by atoms with Gasteiger partial charge in [-0.2, -0.15) is 0 Å². The van der Waals surface area contributed by atoms with E-state index in [9.17, 15) is 0 Å². The lowest BCUT2D eigenvalue weighted by Gasteiger charge is -1.60. The first-order valence-electron chi connectivity index (χ1n) is 2.78. The molecule has 0 amide bonds. The Kier molecular flexibility index (Phi) is 19.3. The van der Waals surface area contributed by atoms with Crippen molar-refractivity contribution < 1.29 is 5.11 Å². The van der Waals surface area contributed by atoms with Crippen molar-refractivity contribution in [2.75, 3.05) is 6.61 Å². The van der Waals surface area contributed by atoms with Crippen molar-refractivity contribution in [3.05, 3.63) is 37.5 Å². The first-order chi connectivity index (χ1) is 4.33. The molecular weight excluding hydrogens is 112 g/mol. The number of aliphatic hydroxyl groups is 1. The lowest BCUT2D eigenvalue weighted by molar-refractivity contribution is 0.343. The molecule has 1 N–H and O–H groups in total. The van der Waals surface area contributed by atoms with Gasteiger partial charge in [0.25, 0.3) is 0 Å². The summed E-state index contributed by atoms with van der Waals surface area (Å²) in [6, 6.07) is 0. The van der Waals surface area contributed by atoms with E-state index >= 15 is 0 Å². The number of aliphatic hydroxyl groups excluding tert-OH is 1. The van der Waals surface area contributed by atoms with Crippen LogP contribution in [0.5, 0.6) is 0 Å². The molecule has 0 rings (SSSR count). The van der Waals surface area contributed by atoms with Gasteiger partial charge in [0, 0.05) is 0 Å². The zero-order chi connectivity index (χ0) is 7.54. The van der Waals surface area contributed by atoms with Gasteiger partial charge in [0.15, 0.2) is 0 Å². The summed E-state index contributed by atoms with van der Waals surface area (Å²) in [7, 11) is 0. The minimum atomic E-state index is 0.0833. The van der Waals surface area contributed by atoms with Crippen molar-refractivity contribution >= 4 is 0 Å². The molecule has 1 nitrogen and oxygen atoms in total. The Balaban J connectivity index is 0. The predicted molar refractivity (Wildman–Crippen MR) is 42.3 cm³/mol. The molecule has 0 unspecified atom stereocenters. The Bertz CT molecular complexity index is 82.6. The maximum Gasteiger partial charge on any atom is 0.0609 e. The normalized spacial score (nSPS) is 7.78. The third-order valence-corrected chi connectivity index (χ3v) is 0.458. The molecule has 1 heteroatoms. The van der Waals surface area contributed by atoms with Crippen LogP contribution in [0.4, 0.5) is 0 Å². The zero-order valence-electron chi connectivity index (χ0n) is 5.88. The van der Waals surface area contributed by atoms with Crippen LogP contribution in [0.25, 0.3) is 0 Å². The SMILES string of the molecule is C=C/C=C/C.C=CCO. The fourth-order valence-corrected chi connectivity index (χ4v) is 0.136. The van der Waals surface area contributed by atoms with Gasteiger partial charge in [-0.1, -0.05) is 30.9 Å². The van der Waals surface area contributed by atoms with E-state index in [4.69, 9.17) is 5.11 Å². The fraction of sp³-hybridized carbons (Fsp3) is 0.250. The third-order valence-electron chi connectivity index (χ3n) is 0.458. The van der Waals surface area contributed by atoms with Gasteiger partial charge >= 0.3 is 0 Å². The van der Waals surface area contributed by atoms with Crippen LogP contribution < -0.4 is 0 Å². The molecule has 0 aromatic carbocycles. The minimum absolute atomic E-state index is 0.0833. The molecule has 0 aliphatic heterocycles. The van der Waals surface area contributed by atoms with E-state index in [2.05, 4.69) is 13.2 Å². The molecule has 0 saturated carbocycles. The molecule has 0 bridgehead atoms. The van der Waals surface area contributed by atoms with Gasteiger partial charge in [0.05, 0.1) is 6.61 Å². The Hall–Kier alpha value is -0.820. The van der Waals surface area contributed by atoms with Crippen molar-refractivity contribution in [3.8, 4) is 0 Å². The van der Waals surface area contributed by atoms with Gasteiger partial charge in [-0.25, -0.2) is 0 Å². The van der Waals surface area contributed by atoms with Crippen molar-refractivity contribution in [3.63, 3.8) is 0 Å². The molecule has 9 heavy (non-hydrogen) atoms. The number of allylic oxidation sites excluding steroid dienone is 3. The summed E-state index contributed by atoms with van der Waals surface area (Å²) in [5.41, 5.74) is 0. The van der Waals surface area contributed by atoms with Crippen LogP contribution in [-0.4, -0.2) is 11.7 Å². The van der Waals surface area contributed by atoms with E-state index in [-0.39, 0.29) is 6.61 Å². The standard InChI is InChI=1S/C5H8.C3H6O/c1-3-5-4-2;1-2-3-4/h3-5H,1H2,2H3;2,4H,1,3H2/b5-4+;. The number of hydrogen-bond donors (Lipinski definition) is 1. The van der Waals surface area contributed by atoms with Crippen molar-refractivity contribution in [2.24, 2.45) is 0 Å². The van der Waals surface area contributed by atoms with E-state index in [1.54, 1.807) is 6.08 Å². The van der Waals surface area contributed by atoms with Crippen LogP contribution in [0, 0.1) is 0 Å². The van der Waals surface area contributed by atoms with E-state index in [0.29, 0.717) is 0 Å². The Morgan fingerprint density at radius 1 is 1.44 bits per heavy atom. The third kappa shape index (κ3) is 40.5. The minimum Gasteiger partial charge on any atom is -0.392 e. The molecule has 0 saturated heterocycles. The summed E-state index contributed by atoms with van der Waals surface area (Å²) < 4.78 is 0. The summed E-state index contributed by atoms with van der Waals surface area (Å²) in [5, 5.41) is 7.76. The largest absolute Gasteiger partial charge is 0.392 e. The molecule has 0 spiro atoms. The summed E-state index contributed by atoms with van der Waals surface area (Å²) in [5.74, 6) is 0. The topological polar surface area (TPSA) is 20.2 Å². The van der Waals surface area contributed by atoms with E-state index < -0.39 is 0 Å². The first kappa shape index (κ1) is 11.0. The lowest BCUT2D eigenvalue weighted by Crippen LogP contribution is -1.62. The maximum atomic E-state index is 7.76. The van der Waals surface area contributed by atoms with Crippen LogP contribution in [0.15, 0.2) is 37.5 Å². The Labute approximate surface area is 57.0 Å². The molecule has 0 heterocycles. The number of hydrogen-bond acceptors (Lipinski definition) is 1. The highest BCUT2D eigenvalue weighted by Gasteiger charge is 1.45. The van der Waals surface area contributed by atoms with E-state index in [0.717, 1.165) is 0 Å². The van der Waals surface area contributed by atoms with Gasteiger partial charge in [-0.05, 0) is 6.92 Å². The lowest BCUT2D eigenvalue weighted by atomic mass is 10.5. The van der Waals surface area contributed by atoms with Crippen LogP contribution >= 0.6 is 0 Å². The van der Waals surface area contributed by atoms with Gasteiger partial charge in [-0.3, -0.25) is 0 Å². The summed E-state index contributed by atoms with van der Waals surface area (Å²) in [4.78, 5) is 0. The summed E-state index contributed by atoms with van der Waals surface area (Å²) in [6.07, 6.45) is 7.01. The monoisotopic (exact) mass is 126 g/mol. The maximum absolute atomic E-state index is 7.76. The Morgan fingerprint density at radius 2 is 1.89 bits per heavy atom. The molecule has 0 radical (unpaired) electrons. The predicted octanol–water partition coefficient (Wildman–Crippen LogP) is 1.91. The highest BCUT2D eigenvalue weighted by atomic mass is 16.2. The molecular formula is C8H14O. The smallest absolute Gasteiger partial charge is 0.0609 e. The quantitative estimate of drug-likeness (QED) is 0.442. The van der Waals surface area contributed by atoms with E-state index in [1.807, 2.05) is 19.1 Å². The molecule has 0 atom stereocenters. The van der Waals surface area contributed by atoms with Gasteiger partial charge in [0.1, 0.15) is 0 Å². The Morgan fingerprint density at radius 3 is 1.89 bits per heavy atom. The highest BCUT2D eigenvalue weighted by Crippen LogP contribution is 1.64. The molecule has 0 aromatic rings. The van der Waals surface area contributed by atoms with Gasteiger partial charge in [0.2, 0.25) is 0 Å². The number of rotatable bonds is 2. The molecule has 0 fully saturated rings.